The lowest BCUT2D eigenvalue weighted by molar-refractivity contribution is 0.881. The van der Waals surface area contributed by atoms with Gasteiger partial charge in [-0.05, 0) is 19.1 Å². The Kier molecular flexibility index (Phi) is 1.43. The zero-order valence-electron chi connectivity index (χ0n) is 6.69. The summed E-state index contributed by atoms with van der Waals surface area (Å²) in [6, 6.07) is 6.82. The molecule has 0 atom stereocenters. The molecule has 2 aromatic heterocycles. The molecular formula is C9H8N2O. The zero-order chi connectivity index (χ0) is 8.55. The van der Waals surface area contributed by atoms with Gasteiger partial charge in [0.25, 0.3) is 0 Å². The van der Waals surface area contributed by atoms with E-state index in [9.17, 15) is 4.79 Å². The van der Waals surface area contributed by atoms with Gasteiger partial charge in [0.1, 0.15) is 0 Å². The van der Waals surface area contributed by atoms with Gasteiger partial charge >= 0.3 is 0 Å². The number of hydrogen-bond donors (Lipinski definition) is 0. The van der Waals surface area contributed by atoms with Crippen molar-refractivity contribution < 1.29 is 0 Å². The molecule has 0 N–H and O–H groups in total. The van der Waals surface area contributed by atoms with Gasteiger partial charge in [-0.25, -0.2) is 4.52 Å². The van der Waals surface area contributed by atoms with Crippen molar-refractivity contribution in [1.82, 2.24) is 9.61 Å². The highest BCUT2D eigenvalue weighted by Gasteiger charge is 1.95. The molecule has 12 heavy (non-hydrogen) atoms. The molecule has 3 nitrogen and oxygen atoms in total. The van der Waals surface area contributed by atoms with Crippen LogP contribution >= 0.6 is 0 Å². The van der Waals surface area contributed by atoms with Crippen molar-refractivity contribution in [2.45, 2.75) is 6.92 Å². The predicted molar refractivity (Wildman–Crippen MR) is 46.2 cm³/mol. The molecule has 2 aromatic rings. The fourth-order valence-corrected chi connectivity index (χ4v) is 1.24. The van der Waals surface area contributed by atoms with Gasteiger partial charge in [-0.1, -0.05) is 0 Å². The minimum atomic E-state index is 0.0282. The van der Waals surface area contributed by atoms with Crippen LogP contribution in [-0.2, 0) is 0 Å². The van der Waals surface area contributed by atoms with Crippen molar-refractivity contribution in [3.05, 3.63) is 46.4 Å². The van der Waals surface area contributed by atoms with Gasteiger partial charge in [0.15, 0.2) is 5.43 Å². The molecule has 0 aliphatic carbocycles. The van der Waals surface area contributed by atoms with Gasteiger partial charge in [-0.2, -0.15) is 5.10 Å². The molecule has 0 aliphatic rings. The Morgan fingerprint density at radius 2 is 2.25 bits per heavy atom. The van der Waals surface area contributed by atoms with Gasteiger partial charge < -0.3 is 0 Å². The monoisotopic (exact) mass is 160 g/mol. The number of hydrogen-bond acceptors (Lipinski definition) is 2. The third-order valence-corrected chi connectivity index (χ3v) is 1.76. The lowest BCUT2D eigenvalue weighted by atomic mass is 10.3. The number of fused-ring (bicyclic) bond motifs is 1. The molecule has 0 amide bonds. The third kappa shape index (κ3) is 0.993. The average molecular weight is 160 g/mol. The Hall–Kier alpha value is -1.64. The van der Waals surface area contributed by atoms with E-state index in [2.05, 4.69) is 5.10 Å². The fraction of sp³-hybridized carbons (Fsp3) is 0.111. The number of aromatic nitrogens is 2. The predicted octanol–water partition coefficient (Wildman–Crippen LogP) is 1.00. The van der Waals surface area contributed by atoms with E-state index in [-0.39, 0.29) is 5.43 Å². The standard InChI is InChI=1S/C9H8N2O/c1-7-5-9(12)6-8-3-2-4-10-11(7)8/h2-6H,1H3. The van der Waals surface area contributed by atoms with E-state index in [1.807, 2.05) is 19.1 Å². The van der Waals surface area contributed by atoms with Gasteiger partial charge in [-0.3, -0.25) is 4.79 Å². The van der Waals surface area contributed by atoms with Gasteiger partial charge in [0.05, 0.1) is 5.52 Å². The molecule has 0 aromatic carbocycles. The maximum Gasteiger partial charge on any atom is 0.182 e. The van der Waals surface area contributed by atoms with Crippen molar-refractivity contribution in [2.75, 3.05) is 0 Å². The summed E-state index contributed by atoms with van der Waals surface area (Å²) in [6.07, 6.45) is 1.70. The summed E-state index contributed by atoms with van der Waals surface area (Å²) in [5.41, 5.74) is 1.72. The highest BCUT2D eigenvalue weighted by molar-refractivity contribution is 5.45. The average Bonchev–Trinajstić information content (AvgIpc) is 2.04. The van der Waals surface area contributed by atoms with Gasteiger partial charge in [0.2, 0.25) is 0 Å². The lowest BCUT2D eigenvalue weighted by Crippen LogP contribution is -2.06. The molecule has 0 aliphatic heterocycles. The van der Waals surface area contributed by atoms with E-state index < -0.39 is 0 Å². The van der Waals surface area contributed by atoms with Crippen LogP contribution in [0.4, 0.5) is 0 Å². The third-order valence-electron chi connectivity index (χ3n) is 1.76. The topological polar surface area (TPSA) is 34.4 Å². The summed E-state index contributed by atoms with van der Waals surface area (Å²) in [6.45, 7) is 1.86. The summed E-state index contributed by atoms with van der Waals surface area (Å²) in [5.74, 6) is 0. The van der Waals surface area contributed by atoms with Crippen molar-refractivity contribution in [2.24, 2.45) is 0 Å². The Morgan fingerprint density at radius 1 is 1.42 bits per heavy atom. The highest BCUT2D eigenvalue weighted by atomic mass is 16.1. The van der Waals surface area contributed by atoms with Crippen LogP contribution in [0.25, 0.3) is 5.52 Å². The second-order valence-electron chi connectivity index (χ2n) is 2.69. The number of pyridine rings is 1. The van der Waals surface area contributed by atoms with Crippen molar-refractivity contribution in [3.8, 4) is 0 Å². The fourth-order valence-electron chi connectivity index (χ4n) is 1.24. The number of rotatable bonds is 0. The minimum Gasteiger partial charge on any atom is -0.290 e. The quantitative estimate of drug-likeness (QED) is 0.576. The van der Waals surface area contributed by atoms with Crippen molar-refractivity contribution in [3.63, 3.8) is 0 Å². The number of nitrogens with zero attached hydrogens (tertiary/aromatic N) is 2. The van der Waals surface area contributed by atoms with E-state index in [1.54, 1.807) is 22.8 Å². The molecular weight excluding hydrogens is 152 g/mol. The van der Waals surface area contributed by atoms with E-state index >= 15 is 0 Å². The van der Waals surface area contributed by atoms with Crippen LogP contribution in [0, 0.1) is 6.92 Å². The van der Waals surface area contributed by atoms with Crippen molar-refractivity contribution in [1.29, 1.82) is 0 Å². The Balaban J connectivity index is 2.99. The molecule has 0 saturated carbocycles. The maximum atomic E-state index is 11.1. The summed E-state index contributed by atoms with van der Waals surface area (Å²) < 4.78 is 1.74. The molecule has 2 heterocycles. The lowest BCUT2D eigenvalue weighted by Gasteiger charge is -2.00. The summed E-state index contributed by atoms with van der Waals surface area (Å²) in [5, 5.41) is 4.10. The molecule has 0 bridgehead atoms. The molecule has 0 spiro atoms. The molecule has 0 radical (unpaired) electrons. The number of aryl methyl sites for hydroxylation is 1. The second kappa shape index (κ2) is 2.44. The van der Waals surface area contributed by atoms with E-state index in [0.29, 0.717) is 0 Å². The summed E-state index contributed by atoms with van der Waals surface area (Å²) in [4.78, 5) is 11.1. The first-order chi connectivity index (χ1) is 5.77. The Morgan fingerprint density at radius 3 is 3.08 bits per heavy atom. The van der Waals surface area contributed by atoms with E-state index in [1.165, 1.54) is 0 Å². The van der Waals surface area contributed by atoms with Crippen molar-refractivity contribution >= 4 is 5.52 Å². The first kappa shape index (κ1) is 7.03. The minimum absolute atomic E-state index is 0.0282. The Bertz CT molecular complexity index is 473. The van der Waals surface area contributed by atoms with Gasteiger partial charge in [0, 0.05) is 24.0 Å². The molecule has 0 fully saturated rings. The van der Waals surface area contributed by atoms with Crippen LogP contribution in [-0.4, -0.2) is 9.61 Å². The first-order valence-electron chi connectivity index (χ1n) is 3.72. The second-order valence-corrected chi connectivity index (χ2v) is 2.69. The molecule has 2 rings (SSSR count). The smallest absolute Gasteiger partial charge is 0.182 e. The Labute approximate surface area is 69.3 Å². The van der Waals surface area contributed by atoms with Crippen LogP contribution in [0.1, 0.15) is 5.69 Å². The van der Waals surface area contributed by atoms with Crippen LogP contribution in [0.2, 0.25) is 0 Å². The summed E-state index contributed by atoms with van der Waals surface area (Å²) >= 11 is 0. The van der Waals surface area contributed by atoms with E-state index in [0.717, 1.165) is 11.2 Å². The van der Waals surface area contributed by atoms with Crippen LogP contribution in [0.3, 0.4) is 0 Å². The molecule has 60 valence electrons. The largest absolute Gasteiger partial charge is 0.290 e. The first-order valence-corrected chi connectivity index (χ1v) is 3.72. The van der Waals surface area contributed by atoms with Crippen LogP contribution in [0.15, 0.2) is 35.3 Å². The summed E-state index contributed by atoms with van der Waals surface area (Å²) in [7, 11) is 0. The highest BCUT2D eigenvalue weighted by Crippen LogP contribution is 1.99. The van der Waals surface area contributed by atoms with Gasteiger partial charge in [-0.15, -0.1) is 0 Å². The SMILES string of the molecule is Cc1cc(=O)cc2cccnn12. The maximum absolute atomic E-state index is 11.1. The van der Waals surface area contributed by atoms with Crippen LogP contribution < -0.4 is 5.43 Å². The molecule has 3 heteroatoms. The normalized spacial score (nSPS) is 10.4. The molecule has 0 saturated heterocycles. The van der Waals surface area contributed by atoms with E-state index in [4.69, 9.17) is 0 Å². The zero-order valence-corrected chi connectivity index (χ0v) is 6.69. The van der Waals surface area contributed by atoms with Crippen LogP contribution in [0.5, 0.6) is 0 Å². The molecule has 0 unspecified atom stereocenters.